The van der Waals surface area contributed by atoms with Gasteiger partial charge in [0.25, 0.3) is 10.1 Å². The zero-order chi connectivity index (χ0) is 14.8. The molecule has 0 amide bonds. The van der Waals surface area contributed by atoms with E-state index in [0.29, 0.717) is 5.75 Å². The molecule has 0 aliphatic heterocycles. The standard InChI is InChI=1S/C13H10O6S/c14-13(15)11-8-10(20(16,17)18)6-7-12(11)19-9-4-2-1-3-5-9/h1-8H,(H,14,15)(H,16,17,18). The Balaban J connectivity index is 2.46. The van der Waals surface area contributed by atoms with Crippen LogP contribution in [0.4, 0.5) is 0 Å². The van der Waals surface area contributed by atoms with Crippen LogP contribution in [0.15, 0.2) is 53.4 Å². The van der Waals surface area contributed by atoms with Gasteiger partial charge in [-0.25, -0.2) is 4.79 Å². The highest BCUT2D eigenvalue weighted by atomic mass is 32.2. The molecular formula is C13H10O6S. The summed E-state index contributed by atoms with van der Waals surface area (Å²) in [7, 11) is -4.47. The van der Waals surface area contributed by atoms with E-state index in [4.69, 9.17) is 14.4 Å². The van der Waals surface area contributed by atoms with Crippen molar-refractivity contribution in [3.63, 3.8) is 0 Å². The van der Waals surface area contributed by atoms with Crippen molar-refractivity contribution in [2.75, 3.05) is 0 Å². The van der Waals surface area contributed by atoms with Crippen LogP contribution in [0, 0.1) is 0 Å². The Morgan fingerprint density at radius 3 is 2.25 bits per heavy atom. The number of hydrogen-bond donors (Lipinski definition) is 2. The van der Waals surface area contributed by atoms with Gasteiger partial charge >= 0.3 is 5.97 Å². The van der Waals surface area contributed by atoms with Crippen molar-refractivity contribution >= 4 is 16.1 Å². The number of benzene rings is 2. The van der Waals surface area contributed by atoms with Gasteiger partial charge in [0.1, 0.15) is 17.1 Å². The molecule has 0 saturated heterocycles. The third-order valence-electron chi connectivity index (χ3n) is 2.45. The van der Waals surface area contributed by atoms with Crippen LogP contribution in [0.1, 0.15) is 10.4 Å². The lowest BCUT2D eigenvalue weighted by Gasteiger charge is -2.09. The van der Waals surface area contributed by atoms with Gasteiger partial charge in [-0.05, 0) is 30.3 Å². The summed E-state index contributed by atoms with van der Waals surface area (Å²) in [4.78, 5) is 10.6. The predicted molar refractivity (Wildman–Crippen MR) is 69.7 cm³/mol. The number of aromatic carboxylic acids is 1. The Morgan fingerprint density at radius 1 is 1.05 bits per heavy atom. The first-order valence-electron chi connectivity index (χ1n) is 5.45. The topological polar surface area (TPSA) is 101 Å². The Labute approximate surface area is 115 Å². The van der Waals surface area contributed by atoms with Crippen LogP contribution < -0.4 is 4.74 Å². The fourth-order valence-corrected chi connectivity index (χ4v) is 2.05. The van der Waals surface area contributed by atoms with Crippen molar-refractivity contribution in [2.24, 2.45) is 0 Å². The van der Waals surface area contributed by atoms with Crippen LogP contribution >= 0.6 is 0 Å². The van der Waals surface area contributed by atoms with Crippen molar-refractivity contribution in [3.8, 4) is 11.5 Å². The second-order valence-electron chi connectivity index (χ2n) is 3.85. The second kappa shape index (κ2) is 5.32. The third-order valence-corrected chi connectivity index (χ3v) is 3.30. The minimum atomic E-state index is -4.47. The van der Waals surface area contributed by atoms with Crippen molar-refractivity contribution in [2.45, 2.75) is 4.90 Å². The summed E-state index contributed by atoms with van der Waals surface area (Å²) in [6, 6.07) is 11.5. The highest BCUT2D eigenvalue weighted by Gasteiger charge is 2.18. The maximum Gasteiger partial charge on any atom is 0.339 e. The number of hydrogen-bond acceptors (Lipinski definition) is 4. The van der Waals surface area contributed by atoms with Gasteiger partial charge in [-0.3, -0.25) is 4.55 Å². The fourth-order valence-electron chi connectivity index (χ4n) is 1.54. The maximum atomic E-state index is 11.1. The van der Waals surface area contributed by atoms with E-state index in [0.717, 1.165) is 12.1 Å². The van der Waals surface area contributed by atoms with E-state index in [1.54, 1.807) is 30.3 Å². The first kappa shape index (κ1) is 14.0. The van der Waals surface area contributed by atoms with Crippen LogP contribution in [-0.4, -0.2) is 24.0 Å². The first-order chi connectivity index (χ1) is 9.38. The highest BCUT2D eigenvalue weighted by molar-refractivity contribution is 7.85. The Morgan fingerprint density at radius 2 is 1.70 bits per heavy atom. The normalized spacial score (nSPS) is 11.1. The van der Waals surface area contributed by atoms with Gasteiger partial charge in [0.2, 0.25) is 0 Å². The summed E-state index contributed by atoms with van der Waals surface area (Å²) in [6.45, 7) is 0. The molecule has 2 aromatic rings. The molecule has 0 radical (unpaired) electrons. The van der Waals surface area contributed by atoms with Crippen molar-refractivity contribution < 1.29 is 27.6 Å². The van der Waals surface area contributed by atoms with E-state index in [9.17, 15) is 13.2 Å². The van der Waals surface area contributed by atoms with Crippen LogP contribution in [0.3, 0.4) is 0 Å². The van der Waals surface area contributed by atoms with Crippen LogP contribution in [-0.2, 0) is 10.1 Å². The van der Waals surface area contributed by atoms with E-state index in [1.165, 1.54) is 6.07 Å². The van der Waals surface area contributed by atoms with E-state index in [1.807, 2.05) is 0 Å². The molecule has 0 unspecified atom stereocenters. The molecule has 0 fully saturated rings. The van der Waals surface area contributed by atoms with Crippen LogP contribution in [0.5, 0.6) is 11.5 Å². The minimum Gasteiger partial charge on any atom is -0.478 e. The zero-order valence-electron chi connectivity index (χ0n) is 10.1. The predicted octanol–water partition coefficient (Wildman–Crippen LogP) is 2.42. The van der Waals surface area contributed by atoms with E-state index < -0.39 is 21.0 Å². The molecule has 0 aliphatic carbocycles. The number of ether oxygens (including phenoxy) is 1. The van der Waals surface area contributed by atoms with Crippen LogP contribution in [0.2, 0.25) is 0 Å². The Hall–Kier alpha value is -2.38. The third kappa shape index (κ3) is 3.14. The van der Waals surface area contributed by atoms with Crippen molar-refractivity contribution in [1.82, 2.24) is 0 Å². The zero-order valence-corrected chi connectivity index (χ0v) is 10.9. The molecule has 0 bridgehead atoms. The number of carboxylic acids is 1. The first-order valence-corrected chi connectivity index (χ1v) is 6.89. The number of rotatable bonds is 4. The van der Waals surface area contributed by atoms with Gasteiger partial charge in [-0.2, -0.15) is 8.42 Å². The minimum absolute atomic E-state index is 0.0175. The van der Waals surface area contributed by atoms with Gasteiger partial charge in [-0.1, -0.05) is 18.2 Å². The maximum absolute atomic E-state index is 11.1. The molecule has 0 aliphatic rings. The highest BCUT2D eigenvalue weighted by Crippen LogP contribution is 2.27. The van der Waals surface area contributed by atoms with Gasteiger partial charge in [0, 0.05) is 0 Å². The largest absolute Gasteiger partial charge is 0.478 e. The summed E-state index contributed by atoms with van der Waals surface area (Å²) in [5, 5.41) is 9.08. The SMILES string of the molecule is O=C(O)c1cc(S(=O)(=O)O)ccc1Oc1ccccc1. The van der Waals surface area contributed by atoms with E-state index in [2.05, 4.69) is 0 Å². The summed E-state index contributed by atoms with van der Waals surface area (Å²) in [5.74, 6) is -0.966. The van der Waals surface area contributed by atoms with Gasteiger partial charge in [-0.15, -0.1) is 0 Å². The van der Waals surface area contributed by atoms with Crippen molar-refractivity contribution in [3.05, 3.63) is 54.1 Å². The van der Waals surface area contributed by atoms with E-state index in [-0.39, 0.29) is 11.3 Å². The Kier molecular flexibility index (Phi) is 3.73. The monoisotopic (exact) mass is 294 g/mol. The molecule has 0 heterocycles. The molecule has 2 rings (SSSR count). The molecule has 104 valence electrons. The molecule has 7 heteroatoms. The second-order valence-corrected chi connectivity index (χ2v) is 5.27. The summed E-state index contributed by atoms with van der Waals surface area (Å²) in [6.07, 6.45) is 0. The average Bonchev–Trinajstić information content (AvgIpc) is 2.38. The molecule has 0 spiro atoms. The number of carboxylic acid groups (broad SMARTS) is 1. The van der Waals surface area contributed by atoms with E-state index >= 15 is 0 Å². The molecule has 0 atom stereocenters. The Bertz CT molecular complexity index is 737. The summed E-state index contributed by atoms with van der Waals surface area (Å²) >= 11 is 0. The van der Waals surface area contributed by atoms with Gasteiger partial charge in [0.05, 0.1) is 4.90 Å². The molecule has 6 nitrogen and oxygen atoms in total. The fraction of sp³-hybridized carbons (Fsp3) is 0. The van der Waals surface area contributed by atoms with Gasteiger partial charge < -0.3 is 9.84 Å². The lowest BCUT2D eigenvalue weighted by molar-refractivity contribution is 0.0694. The number of carbonyl (C=O) groups is 1. The molecule has 2 N–H and O–H groups in total. The summed E-state index contributed by atoms with van der Waals surface area (Å²) in [5.41, 5.74) is -0.357. The van der Waals surface area contributed by atoms with Crippen LogP contribution in [0.25, 0.3) is 0 Å². The van der Waals surface area contributed by atoms with Gasteiger partial charge in [0.15, 0.2) is 0 Å². The quantitative estimate of drug-likeness (QED) is 0.840. The lowest BCUT2D eigenvalue weighted by atomic mass is 10.2. The number of para-hydroxylation sites is 1. The average molecular weight is 294 g/mol. The lowest BCUT2D eigenvalue weighted by Crippen LogP contribution is -2.04. The molecule has 2 aromatic carbocycles. The molecule has 0 aromatic heterocycles. The van der Waals surface area contributed by atoms with Crippen molar-refractivity contribution in [1.29, 1.82) is 0 Å². The molecule has 0 saturated carbocycles. The smallest absolute Gasteiger partial charge is 0.339 e. The molecule has 20 heavy (non-hydrogen) atoms. The molecular weight excluding hydrogens is 284 g/mol. The summed E-state index contributed by atoms with van der Waals surface area (Å²) < 4.78 is 36.3.